The van der Waals surface area contributed by atoms with Crippen LogP contribution in [0.4, 0.5) is 18.9 Å². The highest BCUT2D eigenvalue weighted by atomic mass is 35.5. The number of alkyl halides is 3. The first-order valence-corrected chi connectivity index (χ1v) is 5.64. The molecule has 10 heteroatoms. The summed E-state index contributed by atoms with van der Waals surface area (Å²) in [6.07, 6.45) is -5.02. The largest absolute Gasteiger partial charge is 0.442 e. The van der Waals surface area contributed by atoms with Crippen molar-refractivity contribution in [2.75, 3.05) is 0 Å². The summed E-state index contributed by atoms with van der Waals surface area (Å²) in [5.41, 5.74) is -2.86. The second-order valence-electron chi connectivity index (χ2n) is 3.82. The lowest BCUT2D eigenvalue weighted by atomic mass is 10.2. The highest BCUT2D eigenvalue weighted by Crippen LogP contribution is 2.40. The molecule has 21 heavy (non-hydrogen) atoms. The van der Waals surface area contributed by atoms with E-state index in [1.807, 2.05) is 0 Å². The van der Waals surface area contributed by atoms with Gasteiger partial charge in [0.05, 0.1) is 22.2 Å². The number of nitrogens with zero attached hydrogens (tertiary/aromatic N) is 4. The molecule has 0 saturated heterocycles. The third-order valence-electron chi connectivity index (χ3n) is 2.48. The Kier molecular flexibility index (Phi) is 3.57. The predicted molar refractivity (Wildman–Crippen MR) is 64.9 cm³/mol. The molecule has 0 aliphatic heterocycles. The fourth-order valence-electron chi connectivity index (χ4n) is 1.62. The third kappa shape index (κ3) is 2.66. The SMILES string of the molecule is N#Cc1cccc(-n2nc(C(F)(F)F)c([N+](=O)[O-])c2Cl)c1. The molecule has 0 unspecified atom stereocenters. The van der Waals surface area contributed by atoms with Gasteiger partial charge in [-0.1, -0.05) is 17.7 Å². The maximum atomic E-state index is 12.8. The summed E-state index contributed by atoms with van der Waals surface area (Å²) < 4.78 is 38.9. The topological polar surface area (TPSA) is 84.8 Å². The number of halogens is 4. The van der Waals surface area contributed by atoms with E-state index in [1.54, 1.807) is 6.07 Å². The number of benzene rings is 1. The van der Waals surface area contributed by atoms with Gasteiger partial charge in [-0.3, -0.25) is 10.1 Å². The Morgan fingerprint density at radius 3 is 2.57 bits per heavy atom. The number of aromatic nitrogens is 2. The molecule has 0 bridgehead atoms. The van der Waals surface area contributed by atoms with Gasteiger partial charge in [0.2, 0.25) is 10.8 Å². The van der Waals surface area contributed by atoms with Crippen molar-refractivity contribution >= 4 is 17.3 Å². The molecule has 6 nitrogen and oxygen atoms in total. The van der Waals surface area contributed by atoms with E-state index in [2.05, 4.69) is 5.10 Å². The van der Waals surface area contributed by atoms with Crippen LogP contribution in [0.25, 0.3) is 5.69 Å². The Morgan fingerprint density at radius 1 is 1.43 bits per heavy atom. The average Bonchev–Trinajstić information content (AvgIpc) is 2.76. The zero-order chi connectivity index (χ0) is 15.8. The Morgan fingerprint density at radius 2 is 2.10 bits per heavy atom. The van der Waals surface area contributed by atoms with Gasteiger partial charge in [0.1, 0.15) is 0 Å². The van der Waals surface area contributed by atoms with Gasteiger partial charge in [-0.15, -0.1) is 0 Å². The summed E-state index contributed by atoms with van der Waals surface area (Å²) in [7, 11) is 0. The lowest BCUT2D eigenvalue weighted by Crippen LogP contribution is -2.09. The van der Waals surface area contributed by atoms with Crippen molar-refractivity contribution in [2.45, 2.75) is 6.18 Å². The molecule has 0 radical (unpaired) electrons. The van der Waals surface area contributed by atoms with E-state index in [-0.39, 0.29) is 11.3 Å². The lowest BCUT2D eigenvalue weighted by molar-refractivity contribution is -0.388. The molecule has 0 atom stereocenters. The van der Waals surface area contributed by atoms with Gasteiger partial charge < -0.3 is 0 Å². The van der Waals surface area contributed by atoms with Crippen molar-refractivity contribution in [3.8, 4) is 11.8 Å². The first-order valence-electron chi connectivity index (χ1n) is 5.26. The van der Waals surface area contributed by atoms with Crippen molar-refractivity contribution in [3.63, 3.8) is 0 Å². The van der Waals surface area contributed by atoms with Crippen LogP contribution in [0.1, 0.15) is 11.3 Å². The van der Waals surface area contributed by atoms with Gasteiger partial charge in [-0.2, -0.15) is 23.5 Å². The standard InChI is InChI=1S/C11H4ClF3N4O2/c12-10-8(19(20)21)9(11(13,14)15)17-18(10)7-3-1-2-6(4-7)5-16/h1-4H. The van der Waals surface area contributed by atoms with Gasteiger partial charge in [-0.05, 0) is 18.2 Å². The summed E-state index contributed by atoms with van der Waals surface area (Å²) in [6.45, 7) is 0. The molecule has 0 amide bonds. The van der Waals surface area contributed by atoms with Crippen LogP contribution in [0, 0.1) is 21.4 Å². The molecule has 1 heterocycles. The number of hydrogen-bond donors (Lipinski definition) is 0. The molecule has 0 spiro atoms. The highest BCUT2D eigenvalue weighted by molar-refractivity contribution is 6.32. The van der Waals surface area contributed by atoms with E-state index in [4.69, 9.17) is 16.9 Å². The number of hydrogen-bond acceptors (Lipinski definition) is 4. The van der Waals surface area contributed by atoms with E-state index < -0.39 is 27.6 Å². The minimum atomic E-state index is -5.02. The van der Waals surface area contributed by atoms with E-state index in [1.165, 1.54) is 24.3 Å². The molecule has 0 aliphatic carbocycles. The summed E-state index contributed by atoms with van der Waals surface area (Å²) >= 11 is 5.64. The normalized spacial score (nSPS) is 11.2. The Balaban J connectivity index is 2.71. The smallest absolute Gasteiger partial charge is 0.258 e. The zero-order valence-corrected chi connectivity index (χ0v) is 10.7. The molecular formula is C11H4ClF3N4O2. The molecule has 1 aromatic carbocycles. The van der Waals surface area contributed by atoms with Crippen molar-refractivity contribution < 1.29 is 18.1 Å². The van der Waals surface area contributed by atoms with Crippen LogP contribution < -0.4 is 0 Å². The van der Waals surface area contributed by atoms with Crippen molar-refractivity contribution in [1.82, 2.24) is 9.78 Å². The van der Waals surface area contributed by atoms with Crippen molar-refractivity contribution in [2.24, 2.45) is 0 Å². The van der Waals surface area contributed by atoms with Crippen molar-refractivity contribution in [3.05, 3.63) is 50.8 Å². The molecular weight excluding hydrogens is 313 g/mol. The van der Waals surface area contributed by atoms with Crippen molar-refractivity contribution in [1.29, 1.82) is 5.26 Å². The summed E-state index contributed by atoms with van der Waals surface area (Å²) in [6, 6.07) is 7.14. The first-order chi connectivity index (χ1) is 9.75. The minimum absolute atomic E-state index is 0.0117. The molecule has 0 aliphatic rings. The lowest BCUT2D eigenvalue weighted by Gasteiger charge is -2.02. The maximum absolute atomic E-state index is 12.8. The van der Waals surface area contributed by atoms with Gasteiger partial charge in [0.15, 0.2) is 0 Å². The number of rotatable bonds is 2. The second kappa shape index (κ2) is 5.06. The fraction of sp³-hybridized carbons (Fsp3) is 0.0909. The van der Waals surface area contributed by atoms with Crippen LogP contribution in [0.15, 0.2) is 24.3 Å². The maximum Gasteiger partial charge on any atom is 0.442 e. The number of nitriles is 1. The zero-order valence-electron chi connectivity index (χ0n) is 9.93. The Bertz CT molecular complexity index is 764. The van der Waals surface area contributed by atoms with Crippen LogP contribution in [0.3, 0.4) is 0 Å². The molecule has 0 saturated carbocycles. The van der Waals surface area contributed by atoms with Crippen LogP contribution >= 0.6 is 11.6 Å². The fourth-order valence-corrected chi connectivity index (χ4v) is 1.91. The average molecular weight is 317 g/mol. The van der Waals surface area contributed by atoms with E-state index in [9.17, 15) is 23.3 Å². The minimum Gasteiger partial charge on any atom is -0.258 e. The van der Waals surface area contributed by atoms with Crippen LogP contribution in [-0.4, -0.2) is 14.7 Å². The van der Waals surface area contributed by atoms with Gasteiger partial charge >= 0.3 is 11.9 Å². The molecule has 1 aromatic heterocycles. The molecule has 2 rings (SSSR count). The molecule has 2 aromatic rings. The highest BCUT2D eigenvalue weighted by Gasteiger charge is 2.45. The van der Waals surface area contributed by atoms with Crippen LogP contribution in [0.2, 0.25) is 5.15 Å². The van der Waals surface area contributed by atoms with Crippen LogP contribution in [-0.2, 0) is 6.18 Å². The van der Waals surface area contributed by atoms with E-state index in [0.29, 0.717) is 4.68 Å². The summed E-state index contributed by atoms with van der Waals surface area (Å²) in [5, 5.41) is 21.9. The van der Waals surface area contributed by atoms with Gasteiger partial charge in [0.25, 0.3) is 0 Å². The molecule has 0 fully saturated rings. The third-order valence-corrected chi connectivity index (χ3v) is 2.82. The second-order valence-corrected chi connectivity index (χ2v) is 4.17. The summed E-state index contributed by atoms with van der Waals surface area (Å²) in [4.78, 5) is 9.53. The predicted octanol–water partition coefficient (Wildman–Crippen LogP) is 3.32. The van der Waals surface area contributed by atoms with Crippen LogP contribution in [0.5, 0.6) is 0 Å². The quantitative estimate of drug-likeness (QED) is 0.628. The van der Waals surface area contributed by atoms with Gasteiger partial charge in [-0.25, -0.2) is 4.68 Å². The first kappa shape index (κ1) is 14.8. The van der Waals surface area contributed by atoms with Gasteiger partial charge in [0, 0.05) is 0 Å². The van der Waals surface area contributed by atoms with E-state index >= 15 is 0 Å². The molecule has 108 valence electrons. The summed E-state index contributed by atoms with van der Waals surface area (Å²) in [5.74, 6) is 0. The Hall–Kier alpha value is -2.60. The monoisotopic (exact) mass is 316 g/mol. The Labute approximate surface area is 120 Å². The number of nitro groups is 1. The van der Waals surface area contributed by atoms with E-state index in [0.717, 1.165) is 0 Å². The molecule has 0 N–H and O–H groups in total.